The summed E-state index contributed by atoms with van der Waals surface area (Å²) >= 11 is 0. The van der Waals surface area contributed by atoms with Crippen molar-refractivity contribution in [2.45, 2.75) is 26.1 Å². The fraction of sp³-hybridized carbons (Fsp3) is 0.462. The van der Waals surface area contributed by atoms with Gasteiger partial charge in [-0.25, -0.2) is 4.79 Å². The molecule has 1 aromatic rings. The first-order valence-electron chi connectivity index (χ1n) is 5.73. The third kappa shape index (κ3) is 4.81. The van der Waals surface area contributed by atoms with Gasteiger partial charge < -0.3 is 9.64 Å². The van der Waals surface area contributed by atoms with E-state index in [1.54, 1.807) is 6.92 Å². The molecule has 6 heteroatoms. The van der Waals surface area contributed by atoms with Crippen LogP contribution < -0.4 is 0 Å². The number of carbonyl (C=O) groups excluding carboxylic acids is 1. The molecule has 0 aromatic heterocycles. The summed E-state index contributed by atoms with van der Waals surface area (Å²) in [5.41, 5.74) is 1.90. The van der Waals surface area contributed by atoms with E-state index >= 15 is 0 Å². The summed E-state index contributed by atoms with van der Waals surface area (Å²) in [5, 5.41) is 0. The van der Waals surface area contributed by atoms with Gasteiger partial charge in [0.15, 0.2) is 6.61 Å². The van der Waals surface area contributed by atoms with E-state index in [-0.39, 0.29) is 6.04 Å². The predicted molar refractivity (Wildman–Crippen MR) is 64.8 cm³/mol. The molecule has 106 valence electrons. The van der Waals surface area contributed by atoms with Crippen molar-refractivity contribution in [2.75, 3.05) is 13.7 Å². The van der Waals surface area contributed by atoms with Gasteiger partial charge in [0, 0.05) is 7.05 Å². The van der Waals surface area contributed by atoms with Crippen LogP contribution in [-0.2, 0) is 4.74 Å². The van der Waals surface area contributed by atoms with Crippen LogP contribution in [0.4, 0.5) is 18.0 Å². The van der Waals surface area contributed by atoms with Crippen LogP contribution in [0.15, 0.2) is 24.3 Å². The molecule has 0 aliphatic rings. The standard InChI is InChI=1S/C13H16F3NO2/c1-9-4-6-11(7-5-9)10(2)17(3)12(18)19-8-13(14,15)16/h4-7,10H,8H2,1-3H3. The quantitative estimate of drug-likeness (QED) is 0.842. The van der Waals surface area contributed by atoms with Crippen LogP contribution in [0.2, 0.25) is 0 Å². The first-order valence-corrected chi connectivity index (χ1v) is 5.73. The second-order valence-electron chi connectivity index (χ2n) is 4.37. The molecule has 0 aliphatic carbocycles. The van der Waals surface area contributed by atoms with Gasteiger partial charge in [0.1, 0.15) is 0 Å². The molecule has 0 bridgehead atoms. The predicted octanol–water partition coefficient (Wildman–Crippen LogP) is 3.69. The number of amides is 1. The van der Waals surface area contributed by atoms with E-state index in [0.29, 0.717) is 0 Å². The highest BCUT2D eigenvalue weighted by Crippen LogP contribution is 2.21. The summed E-state index contributed by atoms with van der Waals surface area (Å²) < 4.78 is 40.1. The van der Waals surface area contributed by atoms with Gasteiger partial charge in [-0.2, -0.15) is 13.2 Å². The van der Waals surface area contributed by atoms with Gasteiger partial charge in [0.05, 0.1) is 6.04 Å². The van der Waals surface area contributed by atoms with Gasteiger partial charge in [-0.05, 0) is 19.4 Å². The van der Waals surface area contributed by atoms with Crippen molar-refractivity contribution < 1.29 is 22.7 Å². The zero-order valence-electron chi connectivity index (χ0n) is 11.0. The van der Waals surface area contributed by atoms with Crippen molar-refractivity contribution in [3.63, 3.8) is 0 Å². The molecule has 1 atom stereocenters. The number of ether oxygens (including phenoxy) is 1. The minimum absolute atomic E-state index is 0.360. The molecule has 0 saturated heterocycles. The minimum atomic E-state index is -4.51. The molecule has 1 unspecified atom stereocenters. The number of carbonyl (C=O) groups is 1. The highest BCUT2D eigenvalue weighted by molar-refractivity contribution is 5.68. The number of alkyl halides is 3. The molecule has 0 radical (unpaired) electrons. The molecule has 1 amide bonds. The number of aryl methyl sites for hydroxylation is 1. The molecule has 0 aliphatic heterocycles. The Labute approximate surface area is 110 Å². The molecular weight excluding hydrogens is 259 g/mol. The number of halogens is 3. The smallest absolute Gasteiger partial charge is 0.422 e. The Kier molecular flexibility index (Phi) is 4.80. The Morgan fingerprint density at radius 3 is 2.32 bits per heavy atom. The van der Waals surface area contributed by atoms with Crippen molar-refractivity contribution in [1.29, 1.82) is 0 Å². The van der Waals surface area contributed by atoms with Crippen molar-refractivity contribution in [1.82, 2.24) is 4.90 Å². The molecule has 0 saturated carbocycles. The molecular formula is C13H16F3NO2. The van der Waals surface area contributed by atoms with E-state index < -0.39 is 18.9 Å². The zero-order chi connectivity index (χ0) is 14.6. The highest BCUT2D eigenvalue weighted by Gasteiger charge is 2.31. The number of hydrogen-bond acceptors (Lipinski definition) is 2. The molecule has 19 heavy (non-hydrogen) atoms. The lowest BCUT2D eigenvalue weighted by atomic mass is 10.1. The second kappa shape index (κ2) is 5.95. The van der Waals surface area contributed by atoms with Crippen LogP contribution in [0, 0.1) is 6.92 Å². The first-order chi connectivity index (χ1) is 8.70. The van der Waals surface area contributed by atoms with Gasteiger partial charge >= 0.3 is 12.3 Å². The lowest BCUT2D eigenvalue weighted by Gasteiger charge is -2.25. The number of nitrogens with zero attached hydrogens (tertiary/aromatic N) is 1. The summed E-state index contributed by atoms with van der Waals surface area (Å²) in [6.45, 7) is 2.08. The van der Waals surface area contributed by atoms with E-state index in [1.807, 2.05) is 31.2 Å². The SMILES string of the molecule is Cc1ccc(C(C)N(C)C(=O)OCC(F)(F)F)cc1. The lowest BCUT2D eigenvalue weighted by molar-refractivity contribution is -0.162. The second-order valence-corrected chi connectivity index (χ2v) is 4.37. The number of benzene rings is 1. The highest BCUT2D eigenvalue weighted by atomic mass is 19.4. The van der Waals surface area contributed by atoms with E-state index in [4.69, 9.17) is 0 Å². The van der Waals surface area contributed by atoms with Crippen LogP contribution in [0.25, 0.3) is 0 Å². The van der Waals surface area contributed by atoms with Gasteiger partial charge in [0.25, 0.3) is 0 Å². The normalized spacial score (nSPS) is 12.9. The summed E-state index contributed by atoms with van der Waals surface area (Å²) in [6, 6.07) is 7.05. The molecule has 1 rings (SSSR count). The Balaban J connectivity index is 2.63. The number of hydrogen-bond donors (Lipinski definition) is 0. The van der Waals surface area contributed by atoms with Gasteiger partial charge in [-0.15, -0.1) is 0 Å². The van der Waals surface area contributed by atoms with E-state index in [9.17, 15) is 18.0 Å². The van der Waals surface area contributed by atoms with Crippen LogP contribution in [0.3, 0.4) is 0 Å². The summed E-state index contributed by atoms with van der Waals surface area (Å²) in [5.74, 6) is 0. The van der Waals surface area contributed by atoms with Crippen LogP contribution in [0.1, 0.15) is 24.1 Å². The van der Waals surface area contributed by atoms with E-state index in [0.717, 1.165) is 16.0 Å². The van der Waals surface area contributed by atoms with Crippen molar-refractivity contribution >= 4 is 6.09 Å². The van der Waals surface area contributed by atoms with Gasteiger partial charge in [-0.1, -0.05) is 29.8 Å². The molecule has 0 heterocycles. The van der Waals surface area contributed by atoms with E-state index in [1.165, 1.54) is 7.05 Å². The summed E-state index contributed by atoms with van der Waals surface area (Å²) in [6.07, 6.45) is -5.51. The monoisotopic (exact) mass is 275 g/mol. The van der Waals surface area contributed by atoms with Gasteiger partial charge in [-0.3, -0.25) is 0 Å². The molecule has 0 fully saturated rings. The lowest BCUT2D eigenvalue weighted by Crippen LogP contribution is -2.33. The average Bonchev–Trinajstić information content (AvgIpc) is 2.34. The van der Waals surface area contributed by atoms with Crippen LogP contribution in [0.5, 0.6) is 0 Å². The van der Waals surface area contributed by atoms with Gasteiger partial charge in [0.2, 0.25) is 0 Å². The van der Waals surface area contributed by atoms with Crippen LogP contribution >= 0.6 is 0 Å². The number of rotatable bonds is 3. The first kappa shape index (κ1) is 15.3. The Bertz CT molecular complexity index is 429. The summed E-state index contributed by atoms with van der Waals surface area (Å²) in [4.78, 5) is 12.6. The maximum absolute atomic E-state index is 12.0. The minimum Gasteiger partial charge on any atom is -0.440 e. The maximum atomic E-state index is 12.0. The third-order valence-corrected chi connectivity index (χ3v) is 2.79. The van der Waals surface area contributed by atoms with E-state index in [2.05, 4.69) is 4.74 Å². The molecule has 3 nitrogen and oxygen atoms in total. The summed E-state index contributed by atoms with van der Waals surface area (Å²) in [7, 11) is 1.41. The molecule has 0 spiro atoms. The Hall–Kier alpha value is -1.72. The Morgan fingerprint density at radius 1 is 1.32 bits per heavy atom. The van der Waals surface area contributed by atoms with Crippen molar-refractivity contribution in [2.24, 2.45) is 0 Å². The maximum Gasteiger partial charge on any atom is 0.422 e. The topological polar surface area (TPSA) is 29.5 Å². The van der Waals surface area contributed by atoms with Crippen molar-refractivity contribution in [3.8, 4) is 0 Å². The van der Waals surface area contributed by atoms with Crippen LogP contribution in [-0.4, -0.2) is 30.8 Å². The Morgan fingerprint density at radius 2 is 1.84 bits per heavy atom. The third-order valence-electron chi connectivity index (χ3n) is 2.79. The van der Waals surface area contributed by atoms with Crippen molar-refractivity contribution in [3.05, 3.63) is 35.4 Å². The molecule has 1 aromatic carbocycles. The average molecular weight is 275 g/mol. The fourth-order valence-corrected chi connectivity index (χ4v) is 1.47. The zero-order valence-corrected chi connectivity index (χ0v) is 11.0. The molecule has 0 N–H and O–H groups in total. The fourth-order valence-electron chi connectivity index (χ4n) is 1.47. The largest absolute Gasteiger partial charge is 0.440 e.